The fourth-order valence-corrected chi connectivity index (χ4v) is 3.09. The van der Waals surface area contributed by atoms with E-state index < -0.39 is 17.7 Å². The largest absolute Gasteiger partial charge is 0.515 e. The summed E-state index contributed by atoms with van der Waals surface area (Å²) in [6.45, 7) is 3.52. The van der Waals surface area contributed by atoms with Gasteiger partial charge < -0.3 is 14.9 Å². The number of hydrogen-bond donors (Lipinski definition) is 2. The Morgan fingerprint density at radius 1 is 1.42 bits per heavy atom. The second-order valence-electron chi connectivity index (χ2n) is 6.50. The molecule has 1 aliphatic carbocycles. The van der Waals surface area contributed by atoms with E-state index in [2.05, 4.69) is 11.1 Å². The van der Waals surface area contributed by atoms with E-state index in [-0.39, 0.29) is 11.4 Å². The lowest BCUT2D eigenvalue weighted by molar-refractivity contribution is -0.114. The van der Waals surface area contributed by atoms with Crippen LogP contribution in [0.3, 0.4) is 0 Å². The topological polar surface area (TPSA) is 103 Å². The van der Waals surface area contributed by atoms with Gasteiger partial charge in [0.25, 0.3) is 0 Å². The van der Waals surface area contributed by atoms with Crippen LogP contribution in [0.4, 0.5) is 0 Å². The smallest absolute Gasteiger partial charge is 0.168 e. The normalized spacial score (nSPS) is 28.5. The summed E-state index contributed by atoms with van der Waals surface area (Å²) in [5.41, 5.74) is 0.823. The van der Waals surface area contributed by atoms with Crippen LogP contribution in [0.25, 0.3) is 0 Å². The summed E-state index contributed by atoms with van der Waals surface area (Å²) < 4.78 is 5.84. The molecule has 1 heterocycles. The third-order valence-electron chi connectivity index (χ3n) is 4.47. The van der Waals surface area contributed by atoms with Gasteiger partial charge in [-0.15, -0.1) is 0 Å². The number of ketones is 1. The summed E-state index contributed by atoms with van der Waals surface area (Å²) in [6, 6.07) is 6.37. The standard InChI is InChI=1S/C18H18N2O4/c1-18(2)17(23)16(20-13-4-5-14(22)12(13)9-21)11-7-10(8-19)3-6-15(11)24-18/h3,6-7,9,16-17,21,23H,4-5H2,1-2H3. The average Bonchev–Trinajstić information content (AvgIpc) is 2.91. The van der Waals surface area contributed by atoms with Crippen LogP contribution in [-0.2, 0) is 4.79 Å². The maximum atomic E-state index is 11.8. The van der Waals surface area contributed by atoms with Crippen molar-refractivity contribution in [3.63, 3.8) is 0 Å². The number of fused-ring (bicyclic) bond motifs is 1. The molecule has 2 N–H and O–H groups in total. The second-order valence-corrected chi connectivity index (χ2v) is 6.50. The Labute approximate surface area is 139 Å². The molecule has 0 radical (unpaired) electrons. The molecule has 0 amide bonds. The van der Waals surface area contributed by atoms with Gasteiger partial charge in [0.05, 0.1) is 29.2 Å². The molecule has 124 valence electrons. The zero-order valence-corrected chi connectivity index (χ0v) is 13.5. The highest BCUT2D eigenvalue weighted by atomic mass is 16.5. The molecule has 24 heavy (non-hydrogen) atoms. The molecule has 0 saturated heterocycles. The molecule has 0 spiro atoms. The highest BCUT2D eigenvalue weighted by Crippen LogP contribution is 2.43. The number of hydrogen-bond acceptors (Lipinski definition) is 6. The SMILES string of the molecule is CC1(C)Oc2ccc(C#N)cc2C(N=C2CCC(=O)C2=CO)C1O. The Hall–Kier alpha value is -2.65. The summed E-state index contributed by atoms with van der Waals surface area (Å²) in [5.74, 6) is 0.389. The van der Waals surface area contributed by atoms with Crippen LogP contribution in [0.1, 0.15) is 43.9 Å². The molecule has 0 aromatic heterocycles. The molecule has 1 fully saturated rings. The number of aliphatic hydroxyl groups is 2. The number of aliphatic imine (C=N–C) groups is 1. The summed E-state index contributed by atoms with van der Waals surface area (Å²) in [6.07, 6.45) is 0.529. The summed E-state index contributed by atoms with van der Waals surface area (Å²) in [4.78, 5) is 16.3. The zero-order chi connectivity index (χ0) is 17.5. The molecular weight excluding hydrogens is 308 g/mol. The minimum absolute atomic E-state index is 0.164. The first-order chi connectivity index (χ1) is 11.4. The average molecular weight is 326 g/mol. The Balaban J connectivity index is 2.13. The Morgan fingerprint density at radius 3 is 2.83 bits per heavy atom. The number of carbonyl (C=O) groups is 1. The first-order valence-corrected chi connectivity index (χ1v) is 7.73. The molecule has 2 atom stereocenters. The molecule has 1 aliphatic heterocycles. The molecule has 2 aliphatic rings. The molecule has 1 saturated carbocycles. The van der Waals surface area contributed by atoms with E-state index in [1.807, 2.05) is 0 Å². The third-order valence-corrected chi connectivity index (χ3v) is 4.47. The van der Waals surface area contributed by atoms with E-state index in [1.54, 1.807) is 32.0 Å². The summed E-state index contributed by atoms with van der Waals surface area (Å²) in [7, 11) is 0. The Morgan fingerprint density at radius 2 is 2.17 bits per heavy atom. The fourth-order valence-electron chi connectivity index (χ4n) is 3.09. The van der Waals surface area contributed by atoms with Gasteiger partial charge in [-0.05, 0) is 38.5 Å². The number of allylic oxidation sites excluding steroid dienone is 1. The van der Waals surface area contributed by atoms with Gasteiger partial charge >= 0.3 is 0 Å². The van der Waals surface area contributed by atoms with Gasteiger partial charge in [0.2, 0.25) is 0 Å². The van der Waals surface area contributed by atoms with Crippen molar-refractivity contribution in [2.75, 3.05) is 0 Å². The van der Waals surface area contributed by atoms with Crippen molar-refractivity contribution in [3.05, 3.63) is 41.2 Å². The Kier molecular flexibility index (Phi) is 3.90. The number of rotatable bonds is 1. The van der Waals surface area contributed by atoms with Gasteiger partial charge in [-0.3, -0.25) is 9.79 Å². The predicted molar refractivity (Wildman–Crippen MR) is 87.0 cm³/mol. The lowest BCUT2D eigenvalue weighted by atomic mass is 9.86. The van der Waals surface area contributed by atoms with Crippen molar-refractivity contribution in [2.24, 2.45) is 4.99 Å². The van der Waals surface area contributed by atoms with Crippen LogP contribution in [-0.4, -0.2) is 33.4 Å². The van der Waals surface area contributed by atoms with Gasteiger partial charge in [0.15, 0.2) is 5.78 Å². The second kappa shape index (κ2) is 5.77. The summed E-state index contributed by atoms with van der Waals surface area (Å²) >= 11 is 0. The van der Waals surface area contributed by atoms with Crippen molar-refractivity contribution in [2.45, 2.75) is 44.4 Å². The predicted octanol–water partition coefficient (Wildman–Crippen LogP) is 2.38. The highest BCUT2D eigenvalue weighted by Gasteiger charge is 2.43. The first kappa shape index (κ1) is 16.2. The van der Waals surface area contributed by atoms with Crippen LogP contribution in [0, 0.1) is 11.3 Å². The molecule has 6 nitrogen and oxygen atoms in total. The Bertz CT molecular complexity index is 802. The van der Waals surface area contributed by atoms with Crippen LogP contribution in [0.5, 0.6) is 5.75 Å². The number of nitrogens with zero attached hydrogens (tertiary/aromatic N) is 2. The fraction of sp³-hybridized carbons (Fsp3) is 0.389. The van der Waals surface area contributed by atoms with Gasteiger partial charge in [-0.25, -0.2) is 0 Å². The van der Waals surface area contributed by atoms with E-state index in [0.29, 0.717) is 35.4 Å². The zero-order valence-electron chi connectivity index (χ0n) is 13.5. The number of benzene rings is 1. The van der Waals surface area contributed by atoms with Crippen molar-refractivity contribution < 1.29 is 19.7 Å². The maximum Gasteiger partial charge on any atom is 0.168 e. The van der Waals surface area contributed by atoms with Gasteiger partial charge in [0.1, 0.15) is 23.5 Å². The van der Waals surface area contributed by atoms with E-state index in [0.717, 1.165) is 6.26 Å². The van der Waals surface area contributed by atoms with Crippen LogP contribution in [0.2, 0.25) is 0 Å². The minimum Gasteiger partial charge on any atom is -0.515 e. The number of aliphatic hydroxyl groups excluding tert-OH is 2. The number of carbonyl (C=O) groups excluding carboxylic acids is 1. The van der Waals surface area contributed by atoms with E-state index in [1.165, 1.54) is 0 Å². The number of nitriles is 1. The first-order valence-electron chi connectivity index (χ1n) is 7.73. The number of ether oxygens (including phenoxy) is 1. The quantitative estimate of drug-likeness (QED) is 0.609. The maximum absolute atomic E-state index is 11.8. The van der Waals surface area contributed by atoms with Crippen LogP contribution >= 0.6 is 0 Å². The lowest BCUT2D eigenvalue weighted by Crippen LogP contribution is -2.48. The molecule has 1 aromatic carbocycles. The molecule has 3 rings (SSSR count). The lowest BCUT2D eigenvalue weighted by Gasteiger charge is -2.40. The van der Waals surface area contributed by atoms with Crippen LogP contribution < -0.4 is 4.74 Å². The van der Waals surface area contributed by atoms with Crippen molar-refractivity contribution in [1.82, 2.24) is 0 Å². The molecular formula is C18H18N2O4. The van der Waals surface area contributed by atoms with Gasteiger partial charge in [-0.1, -0.05) is 0 Å². The molecule has 6 heteroatoms. The van der Waals surface area contributed by atoms with Gasteiger partial charge in [0, 0.05) is 12.0 Å². The van der Waals surface area contributed by atoms with Gasteiger partial charge in [-0.2, -0.15) is 5.26 Å². The molecule has 0 bridgehead atoms. The molecule has 2 unspecified atom stereocenters. The van der Waals surface area contributed by atoms with Crippen molar-refractivity contribution in [1.29, 1.82) is 5.26 Å². The van der Waals surface area contributed by atoms with Crippen molar-refractivity contribution >= 4 is 11.5 Å². The third kappa shape index (κ3) is 2.57. The molecule has 1 aromatic rings. The van der Waals surface area contributed by atoms with Crippen molar-refractivity contribution in [3.8, 4) is 11.8 Å². The highest BCUT2D eigenvalue weighted by molar-refractivity contribution is 6.27. The number of Topliss-reactive ketones (excluding diaryl/α,β-unsaturated/α-hetero) is 1. The van der Waals surface area contributed by atoms with Crippen LogP contribution in [0.15, 0.2) is 35.0 Å². The van der Waals surface area contributed by atoms with E-state index >= 15 is 0 Å². The summed E-state index contributed by atoms with van der Waals surface area (Å²) in [5, 5.41) is 29.1. The monoisotopic (exact) mass is 326 g/mol. The van der Waals surface area contributed by atoms with E-state index in [9.17, 15) is 15.0 Å². The van der Waals surface area contributed by atoms with E-state index in [4.69, 9.17) is 10.00 Å². The minimum atomic E-state index is -0.956.